The molecule has 0 aliphatic carbocycles. The first-order chi connectivity index (χ1) is 14.8. The molecule has 1 unspecified atom stereocenters. The molecule has 0 aliphatic heterocycles. The van der Waals surface area contributed by atoms with Gasteiger partial charge in [0.1, 0.15) is 0 Å². The van der Waals surface area contributed by atoms with Crippen molar-refractivity contribution in [2.75, 3.05) is 0 Å². The lowest BCUT2D eigenvalue weighted by Gasteiger charge is -2.00. The van der Waals surface area contributed by atoms with Crippen molar-refractivity contribution in [3.63, 3.8) is 0 Å². The highest BCUT2D eigenvalue weighted by atomic mass is 32.2. The Morgan fingerprint density at radius 1 is 0.839 bits per heavy atom. The second-order valence-electron chi connectivity index (χ2n) is 7.80. The van der Waals surface area contributed by atoms with Crippen LogP contribution in [0.2, 0.25) is 0 Å². The van der Waals surface area contributed by atoms with Crippen LogP contribution in [0.3, 0.4) is 0 Å². The van der Waals surface area contributed by atoms with E-state index in [9.17, 15) is 8.42 Å². The van der Waals surface area contributed by atoms with Gasteiger partial charge in [0, 0.05) is 0 Å². The molecule has 1 atom stereocenters. The van der Waals surface area contributed by atoms with E-state index in [1.807, 2.05) is 13.8 Å². The first kappa shape index (κ1) is 29.3. The zero-order chi connectivity index (χ0) is 23.4. The van der Waals surface area contributed by atoms with Crippen LogP contribution in [-0.4, -0.2) is 24.2 Å². The lowest BCUT2D eigenvalue weighted by atomic mass is 10.1. The fraction of sp³-hybridized carbons (Fsp3) is 0.538. The van der Waals surface area contributed by atoms with E-state index in [1.54, 1.807) is 12.1 Å². The Morgan fingerprint density at radius 3 is 1.77 bits per heavy atom. The van der Waals surface area contributed by atoms with E-state index >= 15 is 0 Å². The van der Waals surface area contributed by atoms with Crippen LogP contribution >= 0.6 is 0 Å². The maximum atomic E-state index is 10.5. The maximum Gasteiger partial charge on any atom is 0.294 e. The van der Waals surface area contributed by atoms with Crippen LogP contribution in [0.1, 0.15) is 83.6 Å². The predicted molar refractivity (Wildman–Crippen MR) is 132 cm³/mol. The smallest absolute Gasteiger partial charge is 0.294 e. The highest BCUT2D eigenvalue weighted by molar-refractivity contribution is 7.85. The first-order valence-corrected chi connectivity index (χ1v) is 12.9. The second kappa shape index (κ2) is 19.0. The number of hydrogen-bond acceptors (Lipinski definition) is 3. The Morgan fingerprint density at radius 2 is 1.32 bits per heavy atom. The Labute approximate surface area is 190 Å². The molecule has 0 bridgehead atoms. The van der Waals surface area contributed by atoms with Gasteiger partial charge in [0.2, 0.25) is 0 Å². The number of aryl methyl sites for hydroxylation is 1. The fourth-order valence-corrected chi connectivity index (χ4v) is 3.18. The maximum absolute atomic E-state index is 10.5. The zero-order valence-electron chi connectivity index (χ0n) is 19.5. The number of benzene rings is 1. The highest BCUT2D eigenvalue weighted by Crippen LogP contribution is 2.08. The Bertz CT molecular complexity index is 729. The van der Waals surface area contributed by atoms with Gasteiger partial charge in [-0.3, -0.25) is 4.55 Å². The predicted octanol–water partition coefficient (Wildman–Crippen LogP) is 7.20. The van der Waals surface area contributed by atoms with Crippen molar-refractivity contribution in [2.24, 2.45) is 0 Å². The van der Waals surface area contributed by atoms with Crippen LogP contribution in [-0.2, 0) is 10.1 Å². The molecule has 0 heterocycles. The molecule has 176 valence electrons. The van der Waals surface area contributed by atoms with Crippen LogP contribution < -0.4 is 0 Å². The summed E-state index contributed by atoms with van der Waals surface area (Å²) in [5, 5.41) is 9.12. The average Bonchev–Trinajstić information content (AvgIpc) is 2.71. The number of rotatable bonds is 14. The van der Waals surface area contributed by atoms with E-state index in [0.29, 0.717) is 0 Å². The third-order valence-electron chi connectivity index (χ3n) is 4.58. The summed E-state index contributed by atoms with van der Waals surface area (Å²) in [6.45, 7) is 5.94. The summed E-state index contributed by atoms with van der Waals surface area (Å²) < 4.78 is 29.6. The van der Waals surface area contributed by atoms with Crippen LogP contribution in [0.15, 0.2) is 65.6 Å². The topological polar surface area (TPSA) is 74.6 Å². The summed E-state index contributed by atoms with van der Waals surface area (Å²) >= 11 is 0. The fourth-order valence-electron chi connectivity index (χ4n) is 2.70. The molecule has 1 aromatic carbocycles. The lowest BCUT2D eigenvalue weighted by Crippen LogP contribution is -1.97. The van der Waals surface area contributed by atoms with Crippen molar-refractivity contribution < 1.29 is 18.1 Å². The molecule has 4 nitrogen and oxygen atoms in total. The van der Waals surface area contributed by atoms with Gasteiger partial charge in [-0.15, -0.1) is 0 Å². The lowest BCUT2D eigenvalue weighted by molar-refractivity contribution is 0.181. The van der Waals surface area contributed by atoms with Crippen molar-refractivity contribution >= 4 is 10.1 Å². The van der Waals surface area contributed by atoms with Gasteiger partial charge < -0.3 is 5.11 Å². The summed E-state index contributed by atoms with van der Waals surface area (Å²) in [4.78, 5) is -0.0666. The van der Waals surface area contributed by atoms with Gasteiger partial charge in [-0.1, -0.05) is 80.3 Å². The van der Waals surface area contributed by atoms with Crippen molar-refractivity contribution in [2.45, 2.75) is 96.0 Å². The van der Waals surface area contributed by atoms with E-state index in [0.717, 1.165) is 37.7 Å². The molecule has 0 saturated heterocycles. The van der Waals surface area contributed by atoms with Crippen molar-refractivity contribution in [1.29, 1.82) is 0 Å². The van der Waals surface area contributed by atoms with E-state index < -0.39 is 10.1 Å². The molecular weight excluding hydrogens is 408 g/mol. The minimum Gasteiger partial charge on any atom is -0.393 e. The van der Waals surface area contributed by atoms with E-state index in [-0.39, 0.29) is 11.0 Å². The van der Waals surface area contributed by atoms with Crippen LogP contribution in [0.25, 0.3) is 0 Å². The molecule has 2 N–H and O–H groups in total. The van der Waals surface area contributed by atoms with E-state index in [2.05, 4.69) is 43.4 Å². The number of aliphatic hydroxyl groups is 1. The van der Waals surface area contributed by atoms with Gasteiger partial charge in [-0.2, -0.15) is 8.42 Å². The van der Waals surface area contributed by atoms with Gasteiger partial charge in [-0.25, -0.2) is 0 Å². The minimum absolute atomic E-state index is 0.0666. The third kappa shape index (κ3) is 20.0. The standard InChI is InChI=1S/C19H34O.C7H8O3S/c1-3-4-5-6-7-8-9-10-11-12-13-14-15-16-17-18-19(2)20;1-6-2-4-7(5-3-6)11(8,9)10/h7-8,10-11,13-14,19-20H,3-6,9,12,15-18H2,1-2H3;2-5H,1H3,(H,8,9,10). The summed E-state index contributed by atoms with van der Waals surface area (Å²) in [7, 11) is -4.02. The summed E-state index contributed by atoms with van der Waals surface area (Å²) in [6.07, 6.45) is 25.1. The highest BCUT2D eigenvalue weighted by Gasteiger charge is 2.06. The Balaban J connectivity index is 0.000000683. The van der Waals surface area contributed by atoms with Crippen molar-refractivity contribution in [3.8, 4) is 0 Å². The van der Waals surface area contributed by atoms with E-state index in [4.69, 9.17) is 9.66 Å². The van der Waals surface area contributed by atoms with Gasteiger partial charge in [0.25, 0.3) is 10.1 Å². The first-order valence-electron chi connectivity index (χ1n) is 11.4. The molecule has 1 aromatic rings. The average molecular weight is 451 g/mol. The third-order valence-corrected chi connectivity index (χ3v) is 5.45. The second-order valence-corrected chi connectivity index (χ2v) is 9.22. The van der Waals surface area contributed by atoms with Crippen molar-refractivity contribution in [3.05, 3.63) is 66.3 Å². The monoisotopic (exact) mass is 450 g/mol. The summed E-state index contributed by atoms with van der Waals surface area (Å²) in [6, 6.07) is 5.99. The van der Waals surface area contributed by atoms with Crippen LogP contribution in [0.4, 0.5) is 0 Å². The molecule has 31 heavy (non-hydrogen) atoms. The Hall–Kier alpha value is -1.69. The Kier molecular flexibility index (Phi) is 18.0. The SMILES string of the molecule is CCCCCC=CCC=CCC=CCCCCC(C)O.Cc1ccc(S(=O)(=O)O)cc1. The van der Waals surface area contributed by atoms with Gasteiger partial charge >= 0.3 is 0 Å². The van der Waals surface area contributed by atoms with E-state index in [1.165, 1.54) is 44.2 Å². The molecule has 1 rings (SSSR count). The van der Waals surface area contributed by atoms with Gasteiger partial charge in [0.05, 0.1) is 11.0 Å². The summed E-state index contributed by atoms with van der Waals surface area (Å²) in [5.41, 5.74) is 0.956. The van der Waals surface area contributed by atoms with Crippen molar-refractivity contribution in [1.82, 2.24) is 0 Å². The normalized spacial score (nSPS) is 13.1. The van der Waals surface area contributed by atoms with Gasteiger partial charge in [0.15, 0.2) is 0 Å². The molecule has 0 saturated carbocycles. The largest absolute Gasteiger partial charge is 0.393 e. The zero-order valence-corrected chi connectivity index (χ0v) is 20.4. The molecule has 0 aliphatic rings. The molecule has 0 amide bonds. The molecule has 0 fully saturated rings. The number of unbranched alkanes of at least 4 members (excludes halogenated alkanes) is 5. The number of allylic oxidation sites excluding steroid dienone is 6. The van der Waals surface area contributed by atoms with Crippen LogP contribution in [0.5, 0.6) is 0 Å². The summed E-state index contributed by atoms with van der Waals surface area (Å²) in [5.74, 6) is 0. The van der Waals surface area contributed by atoms with Crippen LogP contribution in [0, 0.1) is 6.92 Å². The van der Waals surface area contributed by atoms with Gasteiger partial charge in [-0.05, 0) is 70.9 Å². The molecule has 0 radical (unpaired) electrons. The molecule has 5 heteroatoms. The molecular formula is C26H42O4S. The molecule has 0 spiro atoms. The minimum atomic E-state index is -4.02. The number of hydrogen-bond donors (Lipinski definition) is 2. The number of aliphatic hydroxyl groups excluding tert-OH is 1. The quantitative estimate of drug-likeness (QED) is 0.178. The molecule has 0 aromatic heterocycles.